The minimum absolute atomic E-state index is 0.0447. The van der Waals surface area contributed by atoms with Gasteiger partial charge in [0.1, 0.15) is 17.3 Å². The Morgan fingerprint density at radius 1 is 1.04 bits per heavy atom. The highest BCUT2D eigenvalue weighted by atomic mass is 35.5. The van der Waals surface area contributed by atoms with E-state index in [4.69, 9.17) is 16.7 Å². The van der Waals surface area contributed by atoms with E-state index < -0.39 is 29.2 Å². The Balaban J connectivity index is 1.86. The Bertz CT molecular complexity index is 999. The van der Waals surface area contributed by atoms with Crippen molar-refractivity contribution in [3.05, 3.63) is 75.6 Å². The monoisotopic (exact) mass is 393 g/mol. The number of aromatic carboxylic acids is 1. The quantitative estimate of drug-likeness (QED) is 0.632. The fourth-order valence-electron chi connectivity index (χ4n) is 2.25. The third kappa shape index (κ3) is 3.58. The van der Waals surface area contributed by atoms with Crippen LogP contribution in [-0.2, 0) is 0 Å². The summed E-state index contributed by atoms with van der Waals surface area (Å²) in [6, 6.07) is 10.7. The number of amides is 1. The second-order valence-corrected chi connectivity index (χ2v) is 6.71. The molecule has 3 aromatic rings. The molecular weight excluding hydrogens is 384 g/mol. The molecule has 3 rings (SSSR count). The van der Waals surface area contributed by atoms with Gasteiger partial charge in [-0.3, -0.25) is 4.79 Å². The molecule has 2 N–H and O–H groups in total. The van der Waals surface area contributed by atoms with Crippen molar-refractivity contribution < 1.29 is 23.5 Å². The summed E-state index contributed by atoms with van der Waals surface area (Å²) < 4.78 is 27.3. The van der Waals surface area contributed by atoms with Crippen molar-refractivity contribution in [3.63, 3.8) is 0 Å². The highest BCUT2D eigenvalue weighted by Crippen LogP contribution is 2.34. The van der Waals surface area contributed by atoms with E-state index in [9.17, 15) is 18.4 Å². The maximum absolute atomic E-state index is 13.6. The second kappa shape index (κ2) is 7.23. The molecule has 1 amide bonds. The number of anilines is 1. The molecule has 8 heteroatoms. The molecule has 0 atom stereocenters. The van der Waals surface area contributed by atoms with Crippen molar-refractivity contribution in [1.29, 1.82) is 0 Å². The van der Waals surface area contributed by atoms with Gasteiger partial charge in [-0.05, 0) is 36.4 Å². The number of carbonyl (C=O) groups excluding carboxylic acids is 1. The number of benzene rings is 2. The van der Waals surface area contributed by atoms with Gasteiger partial charge in [0.2, 0.25) is 0 Å². The van der Waals surface area contributed by atoms with E-state index >= 15 is 0 Å². The second-order valence-electron chi connectivity index (χ2n) is 5.21. The number of nitrogens with one attached hydrogen (secondary N) is 1. The van der Waals surface area contributed by atoms with E-state index in [0.29, 0.717) is 10.4 Å². The van der Waals surface area contributed by atoms with Gasteiger partial charge in [-0.15, -0.1) is 11.3 Å². The lowest BCUT2D eigenvalue weighted by Crippen LogP contribution is -2.12. The Kier molecular flexibility index (Phi) is 5.01. The number of halogens is 3. The van der Waals surface area contributed by atoms with E-state index in [2.05, 4.69) is 5.32 Å². The number of hydrogen-bond donors (Lipinski definition) is 2. The van der Waals surface area contributed by atoms with Gasteiger partial charge in [0.15, 0.2) is 0 Å². The van der Waals surface area contributed by atoms with E-state index in [-0.39, 0.29) is 15.5 Å². The van der Waals surface area contributed by atoms with E-state index in [1.807, 2.05) is 0 Å². The molecule has 0 aliphatic heterocycles. The normalized spacial score (nSPS) is 10.6. The molecule has 0 unspecified atom stereocenters. The summed E-state index contributed by atoms with van der Waals surface area (Å²) in [5.41, 5.74) is 0.0809. The van der Waals surface area contributed by atoms with Gasteiger partial charge in [-0.2, -0.15) is 0 Å². The van der Waals surface area contributed by atoms with Gasteiger partial charge in [-0.1, -0.05) is 23.7 Å². The van der Waals surface area contributed by atoms with Crippen LogP contribution in [0.2, 0.25) is 5.02 Å². The Labute approximate surface area is 155 Å². The predicted octanol–water partition coefficient (Wildman–Crippen LogP) is 5.30. The lowest BCUT2D eigenvalue weighted by molar-refractivity contribution is 0.0696. The van der Waals surface area contributed by atoms with E-state index in [1.54, 1.807) is 6.07 Å². The zero-order valence-corrected chi connectivity index (χ0v) is 14.5. The minimum atomic E-state index is -1.10. The number of thiophene rings is 1. The summed E-state index contributed by atoms with van der Waals surface area (Å²) in [6.45, 7) is 0. The first-order chi connectivity index (χ1) is 12.4. The third-order valence-electron chi connectivity index (χ3n) is 3.51. The fraction of sp³-hybridized carbons (Fsp3) is 0. The highest BCUT2D eigenvalue weighted by Gasteiger charge is 2.17. The Morgan fingerprint density at radius 3 is 2.35 bits per heavy atom. The molecule has 0 bridgehead atoms. The van der Waals surface area contributed by atoms with Gasteiger partial charge in [0, 0.05) is 10.4 Å². The van der Waals surface area contributed by atoms with Crippen molar-refractivity contribution in [3.8, 4) is 10.4 Å². The molecular formula is C18H10ClF2NO3S. The first-order valence-electron chi connectivity index (χ1n) is 7.25. The Morgan fingerprint density at radius 2 is 1.73 bits per heavy atom. The predicted molar refractivity (Wildman–Crippen MR) is 96.0 cm³/mol. The molecule has 0 fully saturated rings. The summed E-state index contributed by atoms with van der Waals surface area (Å²) in [5, 5.41) is 11.4. The SMILES string of the molecule is O=C(O)c1ccc(-c2ccc(C(=O)Nc3c(F)cccc3F)s2)c(Cl)c1. The van der Waals surface area contributed by atoms with Crippen molar-refractivity contribution in [2.45, 2.75) is 0 Å². The van der Waals surface area contributed by atoms with Gasteiger partial charge >= 0.3 is 5.97 Å². The lowest BCUT2D eigenvalue weighted by Gasteiger charge is -2.06. The summed E-state index contributed by atoms with van der Waals surface area (Å²) in [4.78, 5) is 24.0. The van der Waals surface area contributed by atoms with Gasteiger partial charge < -0.3 is 10.4 Å². The first kappa shape index (κ1) is 18.0. The summed E-state index contributed by atoms with van der Waals surface area (Å²) in [5.74, 6) is -3.51. The summed E-state index contributed by atoms with van der Waals surface area (Å²) in [7, 11) is 0. The van der Waals surface area contributed by atoms with Crippen molar-refractivity contribution >= 4 is 40.5 Å². The van der Waals surface area contributed by atoms with Crippen LogP contribution in [0.25, 0.3) is 10.4 Å². The fourth-order valence-corrected chi connectivity index (χ4v) is 3.52. The third-order valence-corrected chi connectivity index (χ3v) is 4.94. The molecule has 132 valence electrons. The van der Waals surface area contributed by atoms with Crippen LogP contribution in [-0.4, -0.2) is 17.0 Å². The van der Waals surface area contributed by atoms with Crippen LogP contribution in [0, 0.1) is 11.6 Å². The summed E-state index contributed by atoms with van der Waals surface area (Å²) in [6.07, 6.45) is 0. The van der Waals surface area contributed by atoms with E-state index in [0.717, 1.165) is 23.5 Å². The number of rotatable bonds is 4. The number of hydrogen-bond acceptors (Lipinski definition) is 3. The molecule has 1 heterocycles. The number of carboxylic acids is 1. The molecule has 0 aliphatic rings. The standard InChI is InChI=1S/C18H10ClF2NO3S/c19-11-8-9(18(24)25)4-5-10(11)14-6-7-15(26-14)17(23)22-16-12(20)2-1-3-13(16)21/h1-8H,(H,22,23)(H,24,25). The molecule has 0 spiro atoms. The van der Waals surface area contributed by atoms with Gasteiger partial charge in [0.05, 0.1) is 15.5 Å². The number of carboxylic acid groups (broad SMARTS) is 1. The van der Waals surface area contributed by atoms with Crippen LogP contribution < -0.4 is 5.32 Å². The van der Waals surface area contributed by atoms with Crippen LogP contribution in [0.3, 0.4) is 0 Å². The number of carbonyl (C=O) groups is 2. The average Bonchev–Trinajstić information content (AvgIpc) is 3.08. The largest absolute Gasteiger partial charge is 0.478 e. The molecule has 26 heavy (non-hydrogen) atoms. The molecule has 2 aromatic carbocycles. The molecule has 0 saturated carbocycles. The van der Waals surface area contributed by atoms with Crippen LogP contribution in [0.1, 0.15) is 20.0 Å². The van der Waals surface area contributed by atoms with Gasteiger partial charge in [0.25, 0.3) is 5.91 Å². The smallest absolute Gasteiger partial charge is 0.335 e. The minimum Gasteiger partial charge on any atom is -0.478 e. The molecule has 0 saturated heterocycles. The van der Waals surface area contributed by atoms with Crippen LogP contribution >= 0.6 is 22.9 Å². The summed E-state index contributed by atoms with van der Waals surface area (Å²) >= 11 is 7.18. The topological polar surface area (TPSA) is 66.4 Å². The maximum atomic E-state index is 13.6. The zero-order valence-electron chi connectivity index (χ0n) is 12.9. The number of para-hydroxylation sites is 1. The molecule has 4 nitrogen and oxygen atoms in total. The zero-order chi connectivity index (χ0) is 18.8. The lowest BCUT2D eigenvalue weighted by atomic mass is 10.1. The van der Waals surface area contributed by atoms with Crippen LogP contribution in [0.4, 0.5) is 14.5 Å². The van der Waals surface area contributed by atoms with Crippen LogP contribution in [0.5, 0.6) is 0 Å². The average molecular weight is 394 g/mol. The molecule has 0 aliphatic carbocycles. The molecule has 0 radical (unpaired) electrons. The van der Waals surface area contributed by atoms with Crippen molar-refractivity contribution in [2.24, 2.45) is 0 Å². The Hall–Kier alpha value is -2.77. The highest BCUT2D eigenvalue weighted by molar-refractivity contribution is 7.17. The van der Waals surface area contributed by atoms with Crippen molar-refractivity contribution in [2.75, 3.05) is 5.32 Å². The molecule has 1 aromatic heterocycles. The van der Waals surface area contributed by atoms with Crippen LogP contribution in [0.15, 0.2) is 48.5 Å². The van der Waals surface area contributed by atoms with Gasteiger partial charge in [-0.25, -0.2) is 13.6 Å². The maximum Gasteiger partial charge on any atom is 0.335 e. The van der Waals surface area contributed by atoms with E-state index in [1.165, 1.54) is 30.3 Å². The first-order valence-corrected chi connectivity index (χ1v) is 8.44. The van der Waals surface area contributed by atoms with Crippen molar-refractivity contribution in [1.82, 2.24) is 0 Å².